The average Bonchev–Trinajstić information content (AvgIpc) is 2.77. The van der Waals surface area contributed by atoms with E-state index in [9.17, 15) is 4.79 Å². The molecule has 1 aliphatic heterocycles. The molecule has 0 atom stereocenters. The Morgan fingerprint density at radius 2 is 2.28 bits per heavy atom. The molecule has 1 fully saturated rings. The first-order valence-corrected chi connectivity index (χ1v) is 7.08. The Labute approximate surface area is 111 Å². The van der Waals surface area contributed by atoms with E-state index in [0.717, 1.165) is 38.5 Å². The summed E-state index contributed by atoms with van der Waals surface area (Å²) in [6, 6.07) is 0. The van der Waals surface area contributed by atoms with Crippen molar-refractivity contribution in [3.63, 3.8) is 0 Å². The zero-order valence-corrected chi connectivity index (χ0v) is 11.6. The Morgan fingerprint density at radius 3 is 2.94 bits per heavy atom. The van der Waals surface area contributed by atoms with E-state index >= 15 is 0 Å². The first kappa shape index (κ1) is 13.5. The van der Waals surface area contributed by atoms with Crippen molar-refractivity contribution in [2.75, 3.05) is 31.6 Å². The fraction of sp³-hybridized carbons (Fsp3) is 0.667. The second-order valence-electron chi connectivity index (χ2n) is 4.68. The van der Waals surface area contributed by atoms with E-state index in [0.29, 0.717) is 5.13 Å². The molecule has 5 nitrogen and oxygen atoms in total. The number of aromatic nitrogens is 1. The largest absolute Gasteiger partial charge is 0.379 e. The fourth-order valence-corrected chi connectivity index (χ4v) is 2.38. The van der Waals surface area contributed by atoms with Crippen molar-refractivity contribution < 1.29 is 9.53 Å². The molecule has 0 saturated carbocycles. The number of nitrogens with zero attached hydrogens (tertiary/aromatic N) is 2. The lowest BCUT2D eigenvalue weighted by atomic mass is 10.2. The summed E-state index contributed by atoms with van der Waals surface area (Å²) in [6.45, 7) is 8.06. The Balaban J connectivity index is 1.87. The summed E-state index contributed by atoms with van der Waals surface area (Å²) in [7, 11) is 0. The Morgan fingerprint density at radius 1 is 1.56 bits per heavy atom. The number of thiazole rings is 1. The number of carbonyl (C=O) groups excluding carboxylic acids is 1. The molecule has 1 aromatic rings. The molecule has 2 heterocycles. The van der Waals surface area contributed by atoms with Crippen LogP contribution >= 0.6 is 11.3 Å². The van der Waals surface area contributed by atoms with Gasteiger partial charge in [-0.05, 0) is 0 Å². The number of carbonyl (C=O) groups is 1. The Bertz CT molecular complexity index is 400. The number of hydrogen-bond donors (Lipinski definition) is 1. The number of ether oxygens (including phenoxy) is 1. The minimum absolute atomic E-state index is 0.0160. The van der Waals surface area contributed by atoms with E-state index in [1.165, 1.54) is 11.3 Å². The van der Waals surface area contributed by atoms with Crippen molar-refractivity contribution in [1.29, 1.82) is 0 Å². The van der Waals surface area contributed by atoms with Crippen LogP contribution in [-0.4, -0.2) is 42.1 Å². The molecule has 1 aliphatic rings. The highest BCUT2D eigenvalue weighted by Gasteiger charge is 2.14. The first-order valence-electron chi connectivity index (χ1n) is 6.20. The molecule has 1 N–H and O–H groups in total. The second-order valence-corrected chi connectivity index (χ2v) is 5.53. The van der Waals surface area contributed by atoms with Gasteiger partial charge < -0.3 is 10.1 Å². The SMILES string of the molecule is CC(C)C(=O)Nc1nc(CN2CCOCC2)cs1. The monoisotopic (exact) mass is 269 g/mol. The normalized spacial score (nSPS) is 17.1. The zero-order valence-electron chi connectivity index (χ0n) is 10.8. The van der Waals surface area contributed by atoms with Crippen LogP contribution in [0.15, 0.2) is 5.38 Å². The summed E-state index contributed by atoms with van der Waals surface area (Å²) in [5.74, 6) is -0.00105. The molecule has 0 bridgehead atoms. The van der Waals surface area contributed by atoms with Gasteiger partial charge in [-0.3, -0.25) is 9.69 Å². The molecule has 6 heteroatoms. The summed E-state index contributed by atoms with van der Waals surface area (Å²) in [6.07, 6.45) is 0. The predicted molar refractivity (Wildman–Crippen MR) is 71.7 cm³/mol. The van der Waals surface area contributed by atoms with Crippen LogP contribution in [-0.2, 0) is 16.1 Å². The van der Waals surface area contributed by atoms with Gasteiger partial charge in [0.15, 0.2) is 5.13 Å². The van der Waals surface area contributed by atoms with Crippen LogP contribution < -0.4 is 5.32 Å². The second kappa shape index (κ2) is 6.26. The number of morpholine rings is 1. The van der Waals surface area contributed by atoms with Crippen LogP contribution in [0.1, 0.15) is 19.5 Å². The maximum absolute atomic E-state index is 11.5. The number of amides is 1. The van der Waals surface area contributed by atoms with Crippen molar-refractivity contribution in [3.05, 3.63) is 11.1 Å². The smallest absolute Gasteiger partial charge is 0.228 e. The molecule has 1 saturated heterocycles. The van der Waals surface area contributed by atoms with E-state index in [4.69, 9.17) is 4.74 Å². The van der Waals surface area contributed by atoms with Crippen molar-refractivity contribution in [2.24, 2.45) is 5.92 Å². The van der Waals surface area contributed by atoms with Gasteiger partial charge in [-0.15, -0.1) is 11.3 Å². The Kier molecular flexibility index (Phi) is 4.68. The first-order chi connectivity index (χ1) is 8.65. The lowest BCUT2D eigenvalue weighted by Gasteiger charge is -2.25. The molecule has 1 amide bonds. The number of hydrogen-bond acceptors (Lipinski definition) is 5. The third-order valence-corrected chi connectivity index (χ3v) is 3.60. The summed E-state index contributed by atoms with van der Waals surface area (Å²) in [4.78, 5) is 18.3. The highest BCUT2D eigenvalue weighted by Crippen LogP contribution is 2.17. The molecule has 0 aromatic carbocycles. The molecular formula is C12H19N3O2S. The van der Waals surface area contributed by atoms with Crippen molar-refractivity contribution >= 4 is 22.4 Å². The zero-order chi connectivity index (χ0) is 13.0. The van der Waals surface area contributed by atoms with Gasteiger partial charge in [0, 0.05) is 30.9 Å². The highest BCUT2D eigenvalue weighted by atomic mass is 32.1. The van der Waals surface area contributed by atoms with E-state index in [1.807, 2.05) is 19.2 Å². The molecule has 0 radical (unpaired) electrons. The molecule has 100 valence electrons. The average molecular weight is 269 g/mol. The summed E-state index contributed by atoms with van der Waals surface area (Å²) in [5, 5.41) is 5.52. The number of nitrogens with one attached hydrogen (secondary N) is 1. The molecule has 2 rings (SSSR count). The van der Waals surface area contributed by atoms with E-state index < -0.39 is 0 Å². The molecule has 0 aliphatic carbocycles. The minimum atomic E-state index is -0.0170. The summed E-state index contributed by atoms with van der Waals surface area (Å²) < 4.78 is 5.31. The van der Waals surface area contributed by atoms with Crippen LogP contribution in [0.5, 0.6) is 0 Å². The number of anilines is 1. The minimum Gasteiger partial charge on any atom is -0.379 e. The van der Waals surface area contributed by atoms with Gasteiger partial charge in [0.25, 0.3) is 0 Å². The van der Waals surface area contributed by atoms with Gasteiger partial charge >= 0.3 is 0 Å². The summed E-state index contributed by atoms with van der Waals surface area (Å²) >= 11 is 1.48. The Hall–Kier alpha value is -0.980. The van der Waals surface area contributed by atoms with E-state index in [-0.39, 0.29) is 11.8 Å². The van der Waals surface area contributed by atoms with E-state index in [1.54, 1.807) is 0 Å². The van der Waals surface area contributed by atoms with Crippen LogP contribution in [0.2, 0.25) is 0 Å². The molecule has 0 spiro atoms. The molecule has 18 heavy (non-hydrogen) atoms. The maximum Gasteiger partial charge on any atom is 0.228 e. The molecule has 0 unspecified atom stereocenters. The number of rotatable bonds is 4. The van der Waals surface area contributed by atoms with Crippen LogP contribution in [0, 0.1) is 5.92 Å². The molecule has 1 aromatic heterocycles. The van der Waals surface area contributed by atoms with Crippen LogP contribution in [0.3, 0.4) is 0 Å². The third kappa shape index (κ3) is 3.76. The fourth-order valence-electron chi connectivity index (χ4n) is 1.68. The molecular weight excluding hydrogens is 250 g/mol. The van der Waals surface area contributed by atoms with Crippen molar-refractivity contribution in [2.45, 2.75) is 20.4 Å². The maximum atomic E-state index is 11.5. The van der Waals surface area contributed by atoms with Gasteiger partial charge in [0.2, 0.25) is 5.91 Å². The summed E-state index contributed by atoms with van der Waals surface area (Å²) in [5.41, 5.74) is 1.01. The van der Waals surface area contributed by atoms with Crippen molar-refractivity contribution in [3.8, 4) is 0 Å². The van der Waals surface area contributed by atoms with Gasteiger partial charge in [-0.25, -0.2) is 4.98 Å². The van der Waals surface area contributed by atoms with Gasteiger partial charge in [-0.1, -0.05) is 13.8 Å². The topological polar surface area (TPSA) is 54.5 Å². The predicted octanol–water partition coefficient (Wildman–Crippen LogP) is 1.57. The van der Waals surface area contributed by atoms with Crippen LogP contribution in [0.4, 0.5) is 5.13 Å². The standard InChI is InChI=1S/C12H19N3O2S/c1-9(2)11(16)14-12-13-10(8-18-12)7-15-3-5-17-6-4-15/h8-9H,3-7H2,1-2H3,(H,13,14,16). The third-order valence-electron chi connectivity index (χ3n) is 2.80. The van der Waals surface area contributed by atoms with Gasteiger partial charge in [-0.2, -0.15) is 0 Å². The van der Waals surface area contributed by atoms with E-state index in [2.05, 4.69) is 15.2 Å². The van der Waals surface area contributed by atoms with Crippen LogP contribution in [0.25, 0.3) is 0 Å². The quantitative estimate of drug-likeness (QED) is 0.901. The van der Waals surface area contributed by atoms with Gasteiger partial charge in [0.05, 0.1) is 18.9 Å². The lowest BCUT2D eigenvalue weighted by Crippen LogP contribution is -2.35. The lowest BCUT2D eigenvalue weighted by molar-refractivity contribution is -0.118. The van der Waals surface area contributed by atoms with Crippen molar-refractivity contribution in [1.82, 2.24) is 9.88 Å². The highest BCUT2D eigenvalue weighted by molar-refractivity contribution is 7.13. The van der Waals surface area contributed by atoms with Gasteiger partial charge in [0.1, 0.15) is 0 Å².